The Balaban J connectivity index is 0.000000213. The van der Waals surface area contributed by atoms with E-state index in [9.17, 15) is 38.4 Å². The highest BCUT2D eigenvalue weighted by atomic mass is 32.2. The third-order valence-electron chi connectivity index (χ3n) is 16.0. The molecule has 26 heteroatoms. The van der Waals surface area contributed by atoms with Crippen molar-refractivity contribution in [2.45, 2.75) is 75.2 Å². The largest absolute Gasteiger partial charge is 0.394 e. The molecular formula is C64H78N10O12S4. The molecule has 90 heavy (non-hydrogen) atoms. The zero-order valence-electron chi connectivity index (χ0n) is 50.8. The second kappa shape index (κ2) is 33.7. The Morgan fingerprint density at radius 3 is 1.83 bits per heavy atom. The number of nitrogens with zero attached hydrogens (tertiary/aromatic N) is 8. The third-order valence-corrected chi connectivity index (χ3v) is 20.7. The van der Waals surface area contributed by atoms with E-state index in [-0.39, 0.29) is 93.1 Å². The van der Waals surface area contributed by atoms with Crippen LogP contribution in [0.25, 0.3) is 0 Å². The van der Waals surface area contributed by atoms with E-state index in [0.717, 1.165) is 120 Å². The summed E-state index contributed by atoms with van der Waals surface area (Å²) in [5.74, 6) is -0.277. The molecule has 3 unspecified atom stereocenters. The number of amidine groups is 2. The van der Waals surface area contributed by atoms with Gasteiger partial charge in [-0.05, 0) is 54.4 Å². The van der Waals surface area contributed by atoms with Crippen molar-refractivity contribution in [3.63, 3.8) is 0 Å². The molecule has 4 aromatic carbocycles. The number of carbonyl (C=O) groups excluding carboxylic acids is 8. The highest BCUT2D eigenvalue weighted by Crippen LogP contribution is 2.43. The van der Waals surface area contributed by atoms with Crippen LogP contribution in [0.5, 0.6) is 0 Å². The summed E-state index contributed by atoms with van der Waals surface area (Å²) in [4.78, 5) is 126. The van der Waals surface area contributed by atoms with Crippen LogP contribution in [0.4, 0.5) is 11.4 Å². The van der Waals surface area contributed by atoms with Crippen molar-refractivity contribution in [3.8, 4) is 0 Å². The normalized spacial score (nSPS) is 19.2. The number of aliphatic hydroxyl groups is 2. The van der Waals surface area contributed by atoms with E-state index in [4.69, 9.17) is 29.7 Å². The standard InChI is InChI=1S/2C32H39N5O6S2/c1-33-29(40)21-44-28-19-30(41)37(32(28)42)20-23(39)8-6-22-7-9-24-27(18-22)45-26-5-3-2-4-25(26)34-31(24)36-12-10-35(11-13-36)14-16-43-17-15-38;1-2-23(39)21-44-28-17-30(41)37(32(28)42)20-29(40)33-18-22-19-36(12-11-35(22)13-15-43-16-14-38)31-24-7-3-5-9-26(24)45-27-10-6-4-8-25(27)34-31/h2-5,7,9,18,28,38H,6,8,10-17,19-21H2,1H3,(H,33,40);3-10,22,28,38H,2,11-21H2,1H3,(H,33,40). The van der Waals surface area contributed by atoms with Crippen LogP contribution in [0.1, 0.15) is 49.3 Å². The lowest BCUT2D eigenvalue weighted by molar-refractivity contribution is -0.142. The summed E-state index contributed by atoms with van der Waals surface area (Å²) in [7, 11) is 1.52. The zero-order valence-corrected chi connectivity index (χ0v) is 54.0. The van der Waals surface area contributed by atoms with Gasteiger partial charge in [0.2, 0.25) is 35.4 Å². The van der Waals surface area contributed by atoms with Crippen LogP contribution in [0.3, 0.4) is 0 Å². The summed E-state index contributed by atoms with van der Waals surface area (Å²) in [6.45, 7) is 10.0. The van der Waals surface area contributed by atoms with Crippen LogP contribution in [-0.2, 0) is 54.3 Å². The number of ketones is 2. The number of para-hydroxylation sites is 2. The van der Waals surface area contributed by atoms with Gasteiger partial charge in [-0.25, -0.2) is 9.98 Å². The molecule has 6 aliphatic heterocycles. The first-order chi connectivity index (χ1) is 43.7. The maximum absolute atomic E-state index is 13.1. The van der Waals surface area contributed by atoms with Gasteiger partial charge in [-0.15, -0.1) is 23.5 Å². The molecule has 6 heterocycles. The lowest BCUT2D eigenvalue weighted by Crippen LogP contribution is -2.59. The lowest BCUT2D eigenvalue weighted by Gasteiger charge is -2.43. The number of aliphatic hydroxyl groups excluding tert-OH is 2. The number of nitrogens with one attached hydrogen (secondary N) is 2. The summed E-state index contributed by atoms with van der Waals surface area (Å²) in [6, 6.07) is 30.6. The molecular weight excluding hydrogens is 1230 g/mol. The van der Waals surface area contributed by atoms with Gasteiger partial charge in [0.25, 0.3) is 0 Å². The maximum atomic E-state index is 13.1. The number of likely N-dealkylation sites (tertiary alicyclic amines) is 2. The van der Waals surface area contributed by atoms with E-state index >= 15 is 0 Å². The molecule has 0 saturated carbocycles. The van der Waals surface area contributed by atoms with Crippen molar-refractivity contribution in [2.75, 3.05) is 137 Å². The fraction of sp³-hybridized carbons (Fsp3) is 0.469. The lowest BCUT2D eigenvalue weighted by atomic mass is 10.0. The van der Waals surface area contributed by atoms with Crippen molar-refractivity contribution in [1.29, 1.82) is 0 Å². The van der Waals surface area contributed by atoms with E-state index in [1.807, 2.05) is 54.6 Å². The first-order valence-electron chi connectivity index (χ1n) is 30.4. The number of thioether (sulfide) groups is 2. The molecule has 6 amide bonds. The molecule has 4 aromatic rings. The van der Waals surface area contributed by atoms with E-state index in [0.29, 0.717) is 58.8 Å². The number of rotatable bonds is 26. The van der Waals surface area contributed by atoms with Crippen molar-refractivity contribution in [3.05, 3.63) is 108 Å². The number of aryl methyl sites for hydroxylation is 1. The van der Waals surface area contributed by atoms with Crippen molar-refractivity contribution >= 4 is 117 Å². The van der Waals surface area contributed by atoms with Gasteiger partial charge in [0.05, 0.1) is 79.6 Å². The molecule has 0 aliphatic carbocycles. The summed E-state index contributed by atoms with van der Waals surface area (Å²) in [5.41, 5.74) is 4.95. The quantitative estimate of drug-likeness (QED) is 0.0508. The fourth-order valence-electron chi connectivity index (χ4n) is 10.9. The van der Waals surface area contributed by atoms with Crippen LogP contribution in [-0.4, -0.2) is 252 Å². The summed E-state index contributed by atoms with van der Waals surface area (Å²) in [6.07, 6.45) is 1.08. The van der Waals surface area contributed by atoms with Gasteiger partial charge in [0, 0.05) is 135 Å². The second-order valence-electron chi connectivity index (χ2n) is 22.0. The van der Waals surface area contributed by atoms with Gasteiger partial charge in [-0.2, -0.15) is 0 Å². The van der Waals surface area contributed by atoms with Gasteiger partial charge in [-0.3, -0.25) is 58.0 Å². The van der Waals surface area contributed by atoms with Gasteiger partial charge < -0.3 is 40.1 Å². The van der Waals surface area contributed by atoms with E-state index < -0.39 is 34.1 Å². The molecule has 22 nitrogen and oxygen atoms in total. The number of amides is 6. The molecule has 4 saturated heterocycles. The molecule has 4 N–H and O–H groups in total. The van der Waals surface area contributed by atoms with Crippen molar-refractivity contribution in [1.82, 2.24) is 40.0 Å². The number of hydrogen-bond donors (Lipinski definition) is 4. The minimum absolute atomic E-state index is 0.00201. The van der Waals surface area contributed by atoms with E-state index in [1.54, 1.807) is 30.4 Å². The topological polar surface area (TPSA) is 264 Å². The fourth-order valence-corrected chi connectivity index (χ4v) is 15.2. The SMILES string of the molecule is CCC(=O)CSC1CC(=O)N(CC(=O)NCC2CN(C3=Nc4ccccc4Sc4ccccc43)CCN2CCOCCO)C1=O.CNC(=O)CSC1CC(=O)N(CC(=O)CCc2ccc3c(c2)Sc2ccccc2N=C3N2CCN(CCOCCO)CC2)C1=O. The van der Waals surface area contributed by atoms with Crippen LogP contribution < -0.4 is 10.6 Å². The number of Topliss-reactive ketones (excluding diaryl/α,β-unsaturated/α-hetero) is 2. The van der Waals surface area contributed by atoms with Gasteiger partial charge in [-0.1, -0.05) is 79.0 Å². The highest BCUT2D eigenvalue weighted by Gasteiger charge is 2.42. The molecule has 6 aliphatic rings. The Bertz CT molecular complexity index is 3310. The predicted molar refractivity (Wildman–Crippen MR) is 348 cm³/mol. The minimum Gasteiger partial charge on any atom is -0.394 e. The Morgan fingerprint density at radius 1 is 0.622 bits per heavy atom. The number of fused-ring (bicyclic) bond motifs is 4. The summed E-state index contributed by atoms with van der Waals surface area (Å²) < 4.78 is 11.0. The zero-order chi connectivity index (χ0) is 63.5. The van der Waals surface area contributed by atoms with E-state index in [1.165, 1.54) is 18.8 Å². The molecule has 0 bridgehead atoms. The van der Waals surface area contributed by atoms with Crippen LogP contribution in [0, 0.1) is 0 Å². The first-order valence-corrected chi connectivity index (χ1v) is 34.2. The van der Waals surface area contributed by atoms with Gasteiger partial charge in [0.1, 0.15) is 24.0 Å². The molecule has 3 atom stereocenters. The minimum atomic E-state index is -0.631. The van der Waals surface area contributed by atoms with Crippen molar-refractivity contribution < 1.29 is 58.0 Å². The Kier molecular flexibility index (Phi) is 25.5. The average Bonchev–Trinajstić information content (AvgIpc) is 1.71. The van der Waals surface area contributed by atoms with Gasteiger partial charge >= 0.3 is 0 Å². The van der Waals surface area contributed by atoms with Crippen molar-refractivity contribution in [2.24, 2.45) is 9.98 Å². The molecule has 480 valence electrons. The van der Waals surface area contributed by atoms with E-state index in [2.05, 4.69) is 66.6 Å². The second-order valence-corrected chi connectivity index (χ2v) is 26.6. The number of hydrogen-bond acceptors (Lipinski definition) is 22. The number of ether oxygens (including phenoxy) is 2. The third kappa shape index (κ3) is 18.2. The highest BCUT2D eigenvalue weighted by molar-refractivity contribution is 8.01. The smallest absolute Gasteiger partial charge is 0.243 e. The number of imide groups is 2. The average molecular weight is 1310 g/mol. The predicted octanol–water partition coefficient (Wildman–Crippen LogP) is 4.15. The number of carbonyl (C=O) groups is 8. The van der Waals surface area contributed by atoms with Crippen LogP contribution >= 0.6 is 47.0 Å². The Labute approximate surface area is 541 Å². The van der Waals surface area contributed by atoms with Gasteiger partial charge in [0.15, 0.2) is 5.78 Å². The molecule has 10 rings (SSSR count). The maximum Gasteiger partial charge on any atom is 0.243 e. The first kappa shape index (κ1) is 67.9. The molecule has 0 radical (unpaired) electrons. The van der Waals surface area contributed by atoms with Crippen LogP contribution in [0.15, 0.2) is 121 Å². The molecule has 0 spiro atoms. The van der Waals surface area contributed by atoms with Crippen LogP contribution in [0.2, 0.25) is 0 Å². The Hall–Kier alpha value is -6.46. The Morgan fingerprint density at radius 2 is 1.19 bits per heavy atom. The molecule has 0 aromatic heterocycles. The summed E-state index contributed by atoms with van der Waals surface area (Å²) in [5, 5.41) is 22.2. The number of piperazine rings is 2. The monoisotopic (exact) mass is 1310 g/mol. The molecule has 4 fully saturated rings. The summed E-state index contributed by atoms with van der Waals surface area (Å²) >= 11 is 5.66. The number of benzene rings is 4. The number of aliphatic imine (C=N–C) groups is 2.